The predicted molar refractivity (Wildman–Crippen MR) is 83.3 cm³/mol. The first-order valence-electron chi connectivity index (χ1n) is 6.84. The largest absolute Gasteiger partial charge is 0.327 e. The molecule has 5 heteroatoms. The molecule has 0 saturated carbocycles. The van der Waals surface area contributed by atoms with Gasteiger partial charge in [-0.15, -0.1) is 0 Å². The first kappa shape index (κ1) is 15.2. The lowest BCUT2D eigenvalue weighted by Gasteiger charge is -2.14. The first-order valence-corrected chi connectivity index (χ1v) is 7.60. The van der Waals surface area contributed by atoms with Crippen LogP contribution < -0.4 is 0 Å². The first-order chi connectivity index (χ1) is 9.62. The Hall–Kier alpha value is -1.24. The molecule has 106 valence electrons. The van der Waals surface area contributed by atoms with E-state index in [0.717, 1.165) is 29.7 Å². The van der Waals surface area contributed by atoms with Crippen molar-refractivity contribution in [2.45, 2.75) is 45.6 Å². The number of aryl methyl sites for hydroxylation is 1. The summed E-state index contributed by atoms with van der Waals surface area (Å²) in [6.07, 6.45) is 2.50. The van der Waals surface area contributed by atoms with E-state index in [2.05, 4.69) is 24.5 Å². The molecule has 1 heterocycles. The molecule has 0 bridgehead atoms. The SMILES string of the molecule is CCC(CC)c1nc2cc(Cl)c(Cl)cc2n1CCC#N. The zero-order valence-electron chi connectivity index (χ0n) is 11.7. The molecule has 0 amide bonds. The highest BCUT2D eigenvalue weighted by Crippen LogP contribution is 2.32. The topological polar surface area (TPSA) is 41.6 Å². The maximum absolute atomic E-state index is 8.85. The van der Waals surface area contributed by atoms with Gasteiger partial charge in [-0.25, -0.2) is 4.98 Å². The number of rotatable bonds is 5. The predicted octanol–water partition coefficient (Wildman–Crippen LogP) is 5.16. The zero-order chi connectivity index (χ0) is 14.7. The summed E-state index contributed by atoms with van der Waals surface area (Å²) in [6, 6.07) is 5.83. The molecule has 1 aromatic carbocycles. The Balaban J connectivity index is 2.63. The minimum Gasteiger partial charge on any atom is -0.327 e. The van der Waals surface area contributed by atoms with Gasteiger partial charge in [0.2, 0.25) is 0 Å². The molecule has 0 radical (unpaired) electrons. The fourth-order valence-electron chi connectivity index (χ4n) is 2.50. The van der Waals surface area contributed by atoms with Crippen LogP contribution in [0, 0.1) is 11.3 Å². The summed E-state index contributed by atoms with van der Waals surface area (Å²) in [6.45, 7) is 4.95. The molecule has 3 nitrogen and oxygen atoms in total. The van der Waals surface area contributed by atoms with Crippen molar-refractivity contribution in [1.82, 2.24) is 9.55 Å². The zero-order valence-corrected chi connectivity index (χ0v) is 13.2. The number of benzene rings is 1. The van der Waals surface area contributed by atoms with Gasteiger partial charge in [0.1, 0.15) is 5.82 Å². The van der Waals surface area contributed by atoms with Crippen LogP contribution in [0.3, 0.4) is 0 Å². The van der Waals surface area contributed by atoms with Crippen LogP contribution in [0.1, 0.15) is 44.9 Å². The summed E-state index contributed by atoms with van der Waals surface area (Å²) < 4.78 is 2.11. The fraction of sp³-hybridized carbons (Fsp3) is 0.467. The summed E-state index contributed by atoms with van der Waals surface area (Å²) >= 11 is 12.2. The molecule has 0 aliphatic carbocycles. The quantitative estimate of drug-likeness (QED) is 0.765. The number of hydrogen-bond donors (Lipinski definition) is 0. The molecule has 1 aromatic heterocycles. The fourth-order valence-corrected chi connectivity index (χ4v) is 2.82. The van der Waals surface area contributed by atoms with Gasteiger partial charge in [-0.3, -0.25) is 0 Å². The van der Waals surface area contributed by atoms with Gasteiger partial charge in [0, 0.05) is 12.5 Å². The third-order valence-corrected chi connectivity index (χ3v) is 4.34. The van der Waals surface area contributed by atoms with Crippen LogP contribution in [0.2, 0.25) is 10.0 Å². The number of nitriles is 1. The number of imidazole rings is 1. The van der Waals surface area contributed by atoms with Crippen molar-refractivity contribution in [3.63, 3.8) is 0 Å². The molecule has 0 spiro atoms. The lowest BCUT2D eigenvalue weighted by Crippen LogP contribution is -2.08. The van der Waals surface area contributed by atoms with Crippen LogP contribution >= 0.6 is 23.2 Å². The van der Waals surface area contributed by atoms with Gasteiger partial charge < -0.3 is 4.57 Å². The van der Waals surface area contributed by atoms with Crippen LogP contribution in [-0.2, 0) is 6.54 Å². The molecule has 20 heavy (non-hydrogen) atoms. The van der Waals surface area contributed by atoms with E-state index >= 15 is 0 Å². The van der Waals surface area contributed by atoms with E-state index in [1.165, 1.54) is 0 Å². The van der Waals surface area contributed by atoms with Crippen molar-refractivity contribution in [2.24, 2.45) is 0 Å². The minimum absolute atomic E-state index is 0.388. The monoisotopic (exact) mass is 309 g/mol. The molecule has 0 aliphatic heterocycles. The van der Waals surface area contributed by atoms with Crippen LogP contribution in [0.15, 0.2) is 12.1 Å². The second-order valence-corrected chi connectivity index (χ2v) is 5.61. The Morgan fingerprint density at radius 3 is 2.50 bits per heavy atom. The third-order valence-electron chi connectivity index (χ3n) is 3.62. The average molecular weight is 310 g/mol. The molecule has 2 rings (SSSR count). The van der Waals surface area contributed by atoms with E-state index in [9.17, 15) is 0 Å². The van der Waals surface area contributed by atoms with Crippen molar-refractivity contribution < 1.29 is 0 Å². The summed E-state index contributed by atoms with van der Waals surface area (Å²) in [4.78, 5) is 4.72. The Bertz CT molecular complexity index is 651. The number of aromatic nitrogens is 2. The van der Waals surface area contributed by atoms with Gasteiger partial charge in [-0.05, 0) is 25.0 Å². The number of nitrogens with zero attached hydrogens (tertiary/aromatic N) is 3. The number of hydrogen-bond acceptors (Lipinski definition) is 2. The van der Waals surface area contributed by atoms with Crippen molar-refractivity contribution in [1.29, 1.82) is 5.26 Å². The van der Waals surface area contributed by atoms with Crippen LogP contribution in [0.4, 0.5) is 0 Å². The van der Waals surface area contributed by atoms with Gasteiger partial charge in [0.25, 0.3) is 0 Å². The normalized spacial score (nSPS) is 11.2. The molecular weight excluding hydrogens is 293 g/mol. The second kappa shape index (κ2) is 6.47. The number of fused-ring (bicyclic) bond motifs is 1. The van der Waals surface area contributed by atoms with E-state index in [4.69, 9.17) is 33.4 Å². The summed E-state index contributed by atoms with van der Waals surface area (Å²) in [5, 5.41) is 9.88. The maximum atomic E-state index is 8.85. The van der Waals surface area contributed by atoms with Gasteiger partial charge in [0.15, 0.2) is 0 Å². The van der Waals surface area contributed by atoms with Crippen LogP contribution in [0.5, 0.6) is 0 Å². The highest BCUT2D eigenvalue weighted by Gasteiger charge is 2.18. The van der Waals surface area contributed by atoms with Crippen LogP contribution in [-0.4, -0.2) is 9.55 Å². The Kier molecular flexibility index (Phi) is 4.91. The van der Waals surface area contributed by atoms with E-state index < -0.39 is 0 Å². The third kappa shape index (κ3) is 2.77. The van der Waals surface area contributed by atoms with Gasteiger partial charge in [-0.2, -0.15) is 5.26 Å². The van der Waals surface area contributed by atoms with E-state index in [1.807, 2.05) is 6.07 Å². The molecule has 2 aromatic rings. The second-order valence-electron chi connectivity index (χ2n) is 4.80. The Morgan fingerprint density at radius 1 is 1.25 bits per heavy atom. The van der Waals surface area contributed by atoms with Gasteiger partial charge in [0.05, 0.1) is 33.6 Å². The Labute approximate surface area is 129 Å². The van der Waals surface area contributed by atoms with Crippen molar-refractivity contribution in [2.75, 3.05) is 0 Å². The highest BCUT2D eigenvalue weighted by atomic mass is 35.5. The standard InChI is InChI=1S/C15H17Cl2N3/c1-3-10(4-2)15-19-13-8-11(16)12(17)9-14(13)20(15)7-5-6-18/h8-10H,3-5,7H2,1-2H3. The van der Waals surface area contributed by atoms with E-state index in [0.29, 0.717) is 28.9 Å². The summed E-state index contributed by atoms with van der Waals surface area (Å²) in [5.41, 5.74) is 1.80. The molecular formula is C15H17Cl2N3. The minimum atomic E-state index is 0.388. The smallest absolute Gasteiger partial charge is 0.113 e. The molecule has 0 unspecified atom stereocenters. The molecule has 0 aliphatic rings. The highest BCUT2D eigenvalue weighted by molar-refractivity contribution is 6.42. The average Bonchev–Trinajstić information content (AvgIpc) is 2.76. The lowest BCUT2D eigenvalue weighted by atomic mass is 10.0. The molecule has 0 N–H and O–H groups in total. The summed E-state index contributed by atoms with van der Waals surface area (Å²) in [7, 11) is 0. The van der Waals surface area contributed by atoms with E-state index in [1.54, 1.807) is 6.07 Å². The Morgan fingerprint density at radius 2 is 1.90 bits per heavy atom. The van der Waals surface area contributed by atoms with Crippen molar-refractivity contribution in [3.8, 4) is 6.07 Å². The molecule has 0 atom stereocenters. The molecule has 0 fully saturated rings. The van der Waals surface area contributed by atoms with E-state index in [-0.39, 0.29) is 0 Å². The van der Waals surface area contributed by atoms with Gasteiger partial charge in [-0.1, -0.05) is 37.0 Å². The van der Waals surface area contributed by atoms with Crippen LogP contribution in [0.25, 0.3) is 11.0 Å². The summed E-state index contributed by atoms with van der Waals surface area (Å²) in [5.74, 6) is 1.41. The van der Waals surface area contributed by atoms with Crippen molar-refractivity contribution in [3.05, 3.63) is 28.0 Å². The molecule has 0 saturated heterocycles. The number of halogens is 2. The maximum Gasteiger partial charge on any atom is 0.113 e. The van der Waals surface area contributed by atoms with Crippen molar-refractivity contribution >= 4 is 34.2 Å². The van der Waals surface area contributed by atoms with Gasteiger partial charge >= 0.3 is 0 Å². The lowest BCUT2D eigenvalue weighted by molar-refractivity contribution is 0.556.